The van der Waals surface area contributed by atoms with Crippen molar-refractivity contribution in [2.24, 2.45) is 0 Å². The van der Waals surface area contributed by atoms with Gasteiger partial charge in [-0.25, -0.2) is 0 Å². The normalized spacial score (nSPS) is 16.1. The molecule has 0 aliphatic carbocycles. The number of phenols is 1. The van der Waals surface area contributed by atoms with Crippen LogP contribution in [-0.4, -0.2) is 18.5 Å². The molecule has 1 atom stereocenters. The number of phenolic OH excluding ortho intramolecular Hbond substituents is 1. The molecule has 0 amide bonds. The smallest absolute Gasteiger partial charge is 0.137 e. The Labute approximate surface area is 138 Å². The largest absolute Gasteiger partial charge is 0.506 e. The fourth-order valence-electron chi connectivity index (χ4n) is 2.70. The van der Waals surface area contributed by atoms with Crippen molar-refractivity contribution in [2.45, 2.75) is 12.3 Å². The monoisotopic (exact) mass is 330 g/mol. The number of rotatable bonds is 4. The molecule has 5 heteroatoms. The van der Waals surface area contributed by atoms with Gasteiger partial charge >= 0.3 is 0 Å². The highest BCUT2D eigenvalue weighted by molar-refractivity contribution is 6.32. The third-order valence-electron chi connectivity index (χ3n) is 3.87. The van der Waals surface area contributed by atoms with Crippen molar-refractivity contribution in [3.63, 3.8) is 0 Å². The van der Waals surface area contributed by atoms with Gasteiger partial charge in [0.25, 0.3) is 0 Å². The number of aldehydes is 1. The predicted molar refractivity (Wildman–Crippen MR) is 87.3 cm³/mol. The first kappa shape index (κ1) is 15.4. The maximum absolute atomic E-state index is 11.6. The van der Waals surface area contributed by atoms with E-state index in [2.05, 4.69) is 0 Å². The van der Waals surface area contributed by atoms with Gasteiger partial charge in [-0.15, -0.1) is 0 Å². The van der Waals surface area contributed by atoms with Gasteiger partial charge in [0.2, 0.25) is 0 Å². The molecule has 1 aliphatic rings. The molecule has 3 rings (SSSR count). The Kier molecular flexibility index (Phi) is 4.26. The van der Waals surface area contributed by atoms with Crippen LogP contribution >= 0.6 is 11.6 Å². The Hall–Kier alpha value is -2.46. The lowest BCUT2D eigenvalue weighted by Gasteiger charge is -2.24. The molecule has 1 heterocycles. The Bertz CT molecular complexity index is 783. The van der Waals surface area contributed by atoms with Crippen LogP contribution in [0.4, 0.5) is 0 Å². The third kappa shape index (κ3) is 2.90. The van der Waals surface area contributed by atoms with Gasteiger partial charge in [-0.3, -0.25) is 0 Å². The number of hydrogen-bond acceptors (Lipinski definition) is 4. The van der Waals surface area contributed by atoms with E-state index in [4.69, 9.17) is 21.1 Å². The second-order valence-electron chi connectivity index (χ2n) is 5.25. The van der Waals surface area contributed by atoms with E-state index in [0.717, 1.165) is 23.2 Å². The Morgan fingerprint density at radius 3 is 2.87 bits per heavy atom. The summed E-state index contributed by atoms with van der Waals surface area (Å²) in [5.41, 5.74) is 2.42. The van der Waals surface area contributed by atoms with Crippen molar-refractivity contribution in [1.29, 1.82) is 0 Å². The number of methoxy groups -OCH3 is 1. The lowest BCUT2D eigenvalue weighted by Crippen LogP contribution is -2.14. The molecule has 0 saturated carbocycles. The summed E-state index contributed by atoms with van der Waals surface area (Å²) in [5, 5.41) is 9.86. The van der Waals surface area contributed by atoms with Gasteiger partial charge in [0.1, 0.15) is 23.5 Å². The fourth-order valence-corrected chi connectivity index (χ4v) is 2.87. The molecule has 118 valence electrons. The van der Waals surface area contributed by atoms with E-state index in [1.807, 2.05) is 24.3 Å². The highest BCUT2D eigenvalue weighted by Crippen LogP contribution is 2.41. The van der Waals surface area contributed by atoms with Gasteiger partial charge in [0.05, 0.1) is 24.3 Å². The average molecular weight is 331 g/mol. The predicted octanol–water partition coefficient (Wildman–Crippen LogP) is 3.86. The van der Waals surface area contributed by atoms with Crippen molar-refractivity contribution in [3.05, 3.63) is 64.4 Å². The van der Waals surface area contributed by atoms with Crippen LogP contribution in [0, 0.1) is 0 Å². The number of hydrogen-bond donors (Lipinski definition) is 1. The first-order valence-corrected chi connectivity index (χ1v) is 7.47. The Balaban J connectivity index is 1.96. The molecule has 2 aromatic carbocycles. The number of para-hydroxylation sites is 1. The van der Waals surface area contributed by atoms with Gasteiger partial charge in [-0.2, -0.15) is 0 Å². The minimum Gasteiger partial charge on any atom is -0.506 e. The van der Waals surface area contributed by atoms with Crippen LogP contribution in [0.5, 0.6) is 17.2 Å². The molecule has 0 radical (unpaired) electrons. The standard InChI is InChI=1S/C18H15ClO4/c1-22-17-5-3-2-4-11(17)6-12-10-23-18-8-16(21)15(19)7-13(18)14(12)9-20/h2-5,7-10,14,21H,6H2,1H3. The zero-order chi connectivity index (χ0) is 16.4. The maximum Gasteiger partial charge on any atom is 0.137 e. The Morgan fingerprint density at radius 1 is 1.35 bits per heavy atom. The second-order valence-corrected chi connectivity index (χ2v) is 5.66. The first-order chi connectivity index (χ1) is 11.1. The number of fused-ring (bicyclic) bond motifs is 1. The summed E-state index contributed by atoms with van der Waals surface area (Å²) in [6, 6.07) is 10.6. The van der Waals surface area contributed by atoms with Gasteiger partial charge in [-0.1, -0.05) is 29.8 Å². The van der Waals surface area contributed by atoms with E-state index in [9.17, 15) is 9.90 Å². The number of carbonyl (C=O) groups is 1. The molecule has 0 saturated heterocycles. The van der Waals surface area contributed by atoms with E-state index >= 15 is 0 Å². The van der Waals surface area contributed by atoms with Crippen LogP contribution in [0.2, 0.25) is 5.02 Å². The summed E-state index contributed by atoms with van der Waals surface area (Å²) in [7, 11) is 1.61. The number of halogens is 1. The molecule has 0 spiro atoms. The zero-order valence-electron chi connectivity index (χ0n) is 12.5. The number of aromatic hydroxyl groups is 1. The van der Waals surface area contributed by atoms with E-state index < -0.39 is 5.92 Å². The van der Waals surface area contributed by atoms with Crippen molar-refractivity contribution in [3.8, 4) is 17.2 Å². The summed E-state index contributed by atoms with van der Waals surface area (Å²) >= 11 is 5.96. The molecule has 4 nitrogen and oxygen atoms in total. The molecule has 23 heavy (non-hydrogen) atoms. The average Bonchev–Trinajstić information content (AvgIpc) is 2.56. The zero-order valence-corrected chi connectivity index (χ0v) is 13.2. The molecule has 1 unspecified atom stereocenters. The van der Waals surface area contributed by atoms with E-state index in [0.29, 0.717) is 17.7 Å². The highest BCUT2D eigenvalue weighted by Gasteiger charge is 2.26. The van der Waals surface area contributed by atoms with Crippen LogP contribution in [-0.2, 0) is 11.2 Å². The number of benzene rings is 2. The minimum absolute atomic E-state index is 0.0726. The SMILES string of the molecule is COc1ccccc1CC1=COc2cc(O)c(Cl)cc2C1C=O. The van der Waals surface area contributed by atoms with Crippen molar-refractivity contribution >= 4 is 17.9 Å². The first-order valence-electron chi connectivity index (χ1n) is 7.09. The molecule has 0 aromatic heterocycles. The van der Waals surface area contributed by atoms with E-state index in [1.54, 1.807) is 19.4 Å². The summed E-state index contributed by atoms with van der Waals surface area (Å²) in [4.78, 5) is 11.6. The van der Waals surface area contributed by atoms with Gasteiger partial charge in [-0.05, 0) is 23.3 Å². The summed E-state index contributed by atoms with van der Waals surface area (Å²) in [5.74, 6) is 0.652. The van der Waals surface area contributed by atoms with Crippen LogP contribution in [0.25, 0.3) is 0 Å². The second kappa shape index (κ2) is 6.34. The molecule has 2 aromatic rings. The Morgan fingerprint density at radius 2 is 2.13 bits per heavy atom. The summed E-state index contributed by atoms with van der Waals surface area (Å²) < 4.78 is 10.9. The lowest BCUT2D eigenvalue weighted by atomic mass is 9.87. The number of allylic oxidation sites excluding steroid dienone is 1. The molecule has 0 fully saturated rings. The van der Waals surface area contributed by atoms with E-state index in [-0.39, 0.29) is 10.8 Å². The van der Waals surface area contributed by atoms with E-state index in [1.165, 1.54) is 6.07 Å². The van der Waals surface area contributed by atoms with Crippen LogP contribution < -0.4 is 9.47 Å². The molecule has 1 aliphatic heterocycles. The maximum atomic E-state index is 11.6. The lowest BCUT2D eigenvalue weighted by molar-refractivity contribution is -0.108. The van der Waals surface area contributed by atoms with Gasteiger partial charge in [0.15, 0.2) is 0 Å². The van der Waals surface area contributed by atoms with Crippen LogP contribution in [0.15, 0.2) is 48.2 Å². The van der Waals surface area contributed by atoms with Crippen molar-refractivity contribution < 1.29 is 19.4 Å². The van der Waals surface area contributed by atoms with Crippen LogP contribution in [0.3, 0.4) is 0 Å². The number of carbonyl (C=O) groups excluding carboxylic acids is 1. The molecular weight excluding hydrogens is 316 g/mol. The quantitative estimate of drug-likeness (QED) is 0.865. The molecular formula is C18H15ClO4. The summed E-state index contributed by atoms with van der Waals surface area (Å²) in [6.45, 7) is 0. The highest BCUT2D eigenvalue weighted by atomic mass is 35.5. The summed E-state index contributed by atoms with van der Waals surface area (Å²) in [6.07, 6.45) is 2.93. The molecule has 0 bridgehead atoms. The van der Waals surface area contributed by atoms with Gasteiger partial charge < -0.3 is 19.4 Å². The van der Waals surface area contributed by atoms with Gasteiger partial charge in [0, 0.05) is 18.1 Å². The van der Waals surface area contributed by atoms with Crippen molar-refractivity contribution in [2.75, 3.05) is 7.11 Å². The minimum atomic E-state index is -0.471. The molecule has 1 N–H and O–H groups in total. The topological polar surface area (TPSA) is 55.8 Å². The van der Waals surface area contributed by atoms with Crippen molar-refractivity contribution in [1.82, 2.24) is 0 Å². The van der Waals surface area contributed by atoms with Crippen LogP contribution in [0.1, 0.15) is 17.0 Å². The number of ether oxygens (including phenoxy) is 2. The third-order valence-corrected chi connectivity index (χ3v) is 4.18. The fraction of sp³-hybridized carbons (Fsp3) is 0.167.